The van der Waals surface area contributed by atoms with Crippen LogP contribution in [0.5, 0.6) is 0 Å². The molecular formula is C16H10ClF4N3O3. The van der Waals surface area contributed by atoms with Crippen LogP contribution in [-0.2, 0) is 11.0 Å². The van der Waals surface area contributed by atoms with E-state index in [9.17, 15) is 27.2 Å². The molecule has 6 nitrogen and oxygen atoms in total. The number of aromatic nitrogens is 3. The van der Waals surface area contributed by atoms with E-state index < -0.39 is 45.6 Å². The predicted molar refractivity (Wildman–Crippen MR) is 87.2 cm³/mol. The number of carboxylic acid groups (broad SMARTS) is 1. The van der Waals surface area contributed by atoms with Crippen LogP contribution in [0.15, 0.2) is 29.1 Å². The molecule has 142 valence electrons. The van der Waals surface area contributed by atoms with Crippen molar-refractivity contribution < 1.29 is 27.5 Å². The summed E-state index contributed by atoms with van der Waals surface area (Å²) in [6.07, 6.45) is -4.79. The molecule has 0 radical (unpaired) electrons. The molecule has 0 saturated carbocycles. The van der Waals surface area contributed by atoms with Crippen LogP contribution in [0.25, 0.3) is 22.5 Å². The molecule has 1 heterocycles. The summed E-state index contributed by atoms with van der Waals surface area (Å²) < 4.78 is 53.8. The van der Waals surface area contributed by atoms with Crippen LogP contribution < -0.4 is 5.43 Å². The molecule has 0 fully saturated rings. The lowest BCUT2D eigenvalue weighted by atomic mass is 10.00. The van der Waals surface area contributed by atoms with Crippen LogP contribution in [0.1, 0.15) is 18.5 Å². The summed E-state index contributed by atoms with van der Waals surface area (Å²) in [5.74, 6) is -2.49. The number of benzene rings is 2. The normalized spacial score (nSPS) is 13.1. The van der Waals surface area contributed by atoms with E-state index in [1.54, 1.807) is 0 Å². The number of rotatable bonds is 3. The number of halogens is 5. The fourth-order valence-corrected chi connectivity index (χ4v) is 2.93. The molecule has 1 aliphatic heterocycles. The van der Waals surface area contributed by atoms with Crippen molar-refractivity contribution in [3.05, 3.63) is 50.9 Å². The molecule has 0 bridgehead atoms. The van der Waals surface area contributed by atoms with E-state index in [2.05, 4.69) is 10.3 Å². The minimum Gasteiger partial charge on any atom is -0.480 e. The molecule has 1 aliphatic carbocycles. The van der Waals surface area contributed by atoms with E-state index in [0.717, 1.165) is 10.7 Å². The first kappa shape index (κ1) is 18.9. The van der Waals surface area contributed by atoms with Crippen molar-refractivity contribution >= 4 is 17.6 Å². The molecule has 11 heteroatoms. The van der Waals surface area contributed by atoms with E-state index in [1.165, 1.54) is 13.0 Å². The predicted octanol–water partition coefficient (Wildman–Crippen LogP) is 3.80. The minimum atomic E-state index is -4.79. The van der Waals surface area contributed by atoms with Gasteiger partial charge in [-0.15, -0.1) is 0 Å². The number of carboxylic acids is 1. The van der Waals surface area contributed by atoms with E-state index in [4.69, 9.17) is 16.7 Å². The first-order chi connectivity index (χ1) is 12.5. The number of carbonyl (C=O) groups is 1. The molecule has 3 rings (SSSR count). The second kappa shape index (κ2) is 6.38. The fraction of sp³-hybridized carbons (Fsp3) is 0.188. The maximum absolute atomic E-state index is 14.4. The standard InChI is InChI=1S/C16H10ClF4N3O3/c1-6(15(26)27)24-11-2-7(3-12(25)14(11)22-23-24)13-9(17)4-8(5-10(13)18)16(19,20)21/h2-6,23H,1H3,(H,26,27). The molecule has 1 aromatic carbocycles. The van der Waals surface area contributed by atoms with Gasteiger partial charge >= 0.3 is 12.1 Å². The second-order valence-corrected chi connectivity index (χ2v) is 6.16. The van der Waals surface area contributed by atoms with E-state index >= 15 is 0 Å². The third kappa shape index (κ3) is 3.27. The number of hydrogen-bond acceptors (Lipinski definition) is 3. The summed E-state index contributed by atoms with van der Waals surface area (Å²) in [5, 5.41) is 14.7. The van der Waals surface area contributed by atoms with Gasteiger partial charge in [-0.3, -0.25) is 9.48 Å². The maximum atomic E-state index is 14.4. The van der Waals surface area contributed by atoms with Gasteiger partial charge in [0.1, 0.15) is 11.9 Å². The number of fused-ring (bicyclic) bond motifs is 1. The van der Waals surface area contributed by atoms with Gasteiger partial charge in [-0.2, -0.15) is 18.3 Å². The number of nitrogens with one attached hydrogen (secondary N) is 1. The lowest BCUT2D eigenvalue weighted by Crippen LogP contribution is -2.18. The van der Waals surface area contributed by atoms with E-state index in [1.807, 2.05) is 0 Å². The molecular weight excluding hydrogens is 394 g/mol. The Labute approximate surface area is 153 Å². The van der Waals surface area contributed by atoms with Crippen LogP contribution in [-0.4, -0.2) is 26.1 Å². The van der Waals surface area contributed by atoms with Crippen molar-refractivity contribution in [2.45, 2.75) is 19.1 Å². The molecule has 2 N–H and O–H groups in total. The lowest BCUT2D eigenvalue weighted by Gasteiger charge is -2.14. The second-order valence-electron chi connectivity index (χ2n) is 5.75. The van der Waals surface area contributed by atoms with Crippen LogP contribution in [0.2, 0.25) is 5.02 Å². The van der Waals surface area contributed by atoms with E-state index in [-0.39, 0.29) is 23.0 Å². The molecule has 1 unspecified atom stereocenters. The molecule has 0 saturated heterocycles. The monoisotopic (exact) mass is 403 g/mol. The summed E-state index contributed by atoms with van der Waals surface area (Å²) in [6.45, 7) is 1.32. The molecule has 0 spiro atoms. The number of H-pyrrole nitrogens is 1. The third-order valence-corrected chi connectivity index (χ3v) is 4.28. The van der Waals surface area contributed by atoms with Crippen molar-refractivity contribution in [3.8, 4) is 22.5 Å². The Morgan fingerprint density at radius 1 is 1.30 bits per heavy atom. The lowest BCUT2D eigenvalue weighted by molar-refractivity contribution is -0.140. The van der Waals surface area contributed by atoms with Crippen LogP contribution in [0, 0.1) is 5.82 Å². The topological polar surface area (TPSA) is 88.0 Å². The van der Waals surface area contributed by atoms with Gasteiger partial charge in [-0.25, -0.2) is 14.4 Å². The summed E-state index contributed by atoms with van der Waals surface area (Å²) in [4.78, 5) is 23.4. The van der Waals surface area contributed by atoms with Crippen molar-refractivity contribution in [3.63, 3.8) is 0 Å². The average molecular weight is 404 g/mol. The SMILES string of the molecule is CC(C(=O)O)n1[nH]nc2c(=O)cc(-c3c(F)cc(C(F)(F)F)cc3Cl)cc1-2. The molecule has 0 amide bonds. The zero-order valence-electron chi connectivity index (χ0n) is 13.4. The molecule has 1 atom stereocenters. The number of alkyl halides is 3. The summed E-state index contributed by atoms with van der Waals surface area (Å²) in [5.41, 5.74) is -2.51. The number of hydrogen-bond donors (Lipinski definition) is 2. The van der Waals surface area contributed by atoms with Gasteiger partial charge in [0, 0.05) is 5.56 Å². The van der Waals surface area contributed by atoms with Crippen LogP contribution in [0.4, 0.5) is 17.6 Å². The van der Waals surface area contributed by atoms with Crippen LogP contribution >= 0.6 is 11.6 Å². The van der Waals surface area contributed by atoms with Gasteiger partial charge in [0.05, 0.1) is 16.3 Å². The number of nitrogens with zero attached hydrogens (tertiary/aromatic N) is 2. The van der Waals surface area contributed by atoms with Gasteiger partial charge in [-0.1, -0.05) is 11.6 Å². The number of aromatic amines is 1. The Morgan fingerprint density at radius 2 is 1.96 bits per heavy atom. The largest absolute Gasteiger partial charge is 0.480 e. The van der Waals surface area contributed by atoms with Gasteiger partial charge in [-0.05, 0) is 36.8 Å². The Kier molecular flexibility index (Phi) is 4.46. The summed E-state index contributed by atoms with van der Waals surface area (Å²) in [7, 11) is 0. The summed E-state index contributed by atoms with van der Waals surface area (Å²) in [6, 6.07) is 1.91. The van der Waals surface area contributed by atoms with Crippen molar-refractivity contribution in [1.82, 2.24) is 15.0 Å². The maximum Gasteiger partial charge on any atom is 0.416 e. The quantitative estimate of drug-likeness (QED) is 0.651. The average Bonchev–Trinajstić information content (AvgIpc) is 2.97. The molecule has 2 aliphatic rings. The molecule has 1 aromatic rings. The highest BCUT2D eigenvalue weighted by atomic mass is 35.5. The zero-order chi connectivity index (χ0) is 20.1. The van der Waals surface area contributed by atoms with Crippen molar-refractivity contribution in [2.24, 2.45) is 0 Å². The molecule has 27 heavy (non-hydrogen) atoms. The van der Waals surface area contributed by atoms with Gasteiger partial charge in [0.2, 0.25) is 5.43 Å². The Bertz CT molecular complexity index is 1050. The molecule has 0 aromatic heterocycles. The Morgan fingerprint density at radius 3 is 2.52 bits per heavy atom. The highest BCUT2D eigenvalue weighted by Gasteiger charge is 2.33. The van der Waals surface area contributed by atoms with Gasteiger partial charge < -0.3 is 5.11 Å². The fourth-order valence-electron chi connectivity index (χ4n) is 2.61. The third-order valence-electron chi connectivity index (χ3n) is 3.99. The van der Waals surface area contributed by atoms with Crippen molar-refractivity contribution in [1.29, 1.82) is 0 Å². The Balaban J connectivity index is 2.24. The van der Waals surface area contributed by atoms with Gasteiger partial charge in [0.25, 0.3) is 0 Å². The highest BCUT2D eigenvalue weighted by Crippen LogP contribution is 2.38. The summed E-state index contributed by atoms with van der Waals surface area (Å²) >= 11 is 5.84. The van der Waals surface area contributed by atoms with E-state index in [0.29, 0.717) is 6.07 Å². The Hall–Kier alpha value is -2.88. The minimum absolute atomic E-state index is 0.0442. The van der Waals surface area contributed by atoms with Crippen molar-refractivity contribution in [2.75, 3.05) is 0 Å². The van der Waals surface area contributed by atoms with Gasteiger partial charge in [0.15, 0.2) is 5.69 Å². The van der Waals surface area contributed by atoms with Crippen LogP contribution in [0.3, 0.4) is 0 Å². The first-order valence-electron chi connectivity index (χ1n) is 7.40. The zero-order valence-corrected chi connectivity index (χ0v) is 14.2. The number of aliphatic carboxylic acids is 1. The highest BCUT2D eigenvalue weighted by molar-refractivity contribution is 6.33. The first-order valence-corrected chi connectivity index (χ1v) is 7.78. The smallest absolute Gasteiger partial charge is 0.416 e.